The Kier molecular flexibility index (Phi) is 14.9. The van der Waals surface area contributed by atoms with Gasteiger partial charge < -0.3 is 1.43 Å². The van der Waals surface area contributed by atoms with Crippen molar-refractivity contribution in [1.29, 1.82) is 0 Å². The monoisotopic (exact) mass is 360 g/mol. The summed E-state index contributed by atoms with van der Waals surface area (Å²) in [6.45, 7) is 0. The van der Waals surface area contributed by atoms with Gasteiger partial charge in [-0.2, -0.15) is 0 Å². The second kappa shape index (κ2) is 6.91. The Balaban J connectivity index is -0.0000000450. The van der Waals surface area contributed by atoms with Crippen molar-refractivity contribution in [3.05, 3.63) is 0 Å². The SMILES string of the molecule is [Br][In]([Br])[Br].[H-].[Li+]. The summed E-state index contributed by atoms with van der Waals surface area (Å²) in [6, 6.07) is 0. The minimum Gasteiger partial charge on any atom is -1.00 e. The summed E-state index contributed by atoms with van der Waals surface area (Å²) >= 11 is 8.74. The van der Waals surface area contributed by atoms with E-state index in [0.29, 0.717) is 0 Å². The third kappa shape index (κ3) is 19.7. The van der Waals surface area contributed by atoms with Crippen LogP contribution in [0.4, 0.5) is 0 Å². The third-order valence-electron chi connectivity index (χ3n) is 0. The van der Waals surface area contributed by atoms with Crippen molar-refractivity contribution in [3.8, 4) is 0 Å². The first-order valence-corrected chi connectivity index (χ1v) is 22.8. The molecule has 0 saturated heterocycles. The molecular weight excluding hydrogens is 361 g/mol. The molecule has 0 rings (SSSR count). The molecule has 0 nitrogen and oxygen atoms in total. The van der Waals surface area contributed by atoms with Crippen molar-refractivity contribution in [3.63, 3.8) is 0 Å². The Morgan fingerprint density at radius 3 is 1.20 bits per heavy atom. The van der Waals surface area contributed by atoms with Crippen LogP contribution in [-0.2, 0) is 0 Å². The van der Waals surface area contributed by atoms with Crippen LogP contribution in [-0.4, -0.2) is 14.4 Å². The van der Waals surface area contributed by atoms with Gasteiger partial charge in [-0.3, -0.25) is 0 Å². The molecule has 0 bridgehead atoms. The van der Waals surface area contributed by atoms with Gasteiger partial charge in [0.15, 0.2) is 0 Å². The largest absolute Gasteiger partial charge is 1.00 e. The van der Waals surface area contributed by atoms with Crippen LogP contribution >= 0.6 is 36.9 Å². The minimum atomic E-state index is -1.20. The fraction of sp³-hybridized carbons (Fsp3) is 0. The van der Waals surface area contributed by atoms with E-state index in [4.69, 9.17) is 0 Å². The zero-order valence-corrected chi connectivity index (χ0v) is 10.8. The first kappa shape index (κ1) is 10.8. The maximum Gasteiger partial charge on any atom is 1.00 e. The summed E-state index contributed by atoms with van der Waals surface area (Å²) in [4.78, 5) is 0. The molecule has 26 valence electrons. The van der Waals surface area contributed by atoms with E-state index in [1.165, 1.54) is 0 Å². The molecule has 0 aliphatic rings. The Labute approximate surface area is 70.1 Å². The molecule has 5 heavy (non-hydrogen) atoms. The quantitative estimate of drug-likeness (QED) is 0.499. The van der Waals surface area contributed by atoms with Gasteiger partial charge in [0.2, 0.25) is 0 Å². The van der Waals surface area contributed by atoms with E-state index in [0.717, 1.165) is 0 Å². The summed E-state index contributed by atoms with van der Waals surface area (Å²) < 4.78 is 0. The van der Waals surface area contributed by atoms with Gasteiger partial charge in [-0.05, 0) is 0 Å². The molecular formula is HBr3InLi. The van der Waals surface area contributed by atoms with E-state index in [1.807, 2.05) is 0 Å². The van der Waals surface area contributed by atoms with Crippen molar-refractivity contribution in [1.82, 2.24) is 0 Å². The minimum absolute atomic E-state index is 0. The second-order valence-electron chi connectivity index (χ2n) is 0.247. The van der Waals surface area contributed by atoms with E-state index in [9.17, 15) is 0 Å². The molecule has 0 aliphatic heterocycles. The zero-order valence-electron chi connectivity index (χ0n) is 3.71. The van der Waals surface area contributed by atoms with Gasteiger partial charge in [0.05, 0.1) is 0 Å². The predicted molar refractivity (Wildman–Crippen MR) is 33.6 cm³/mol. The molecule has 0 saturated carbocycles. The molecule has 0 aromatic carbocycles. The average molecular weight is 362 g/mol. The van der Waals surface area contributed by atoms with Crippen molar-refractivity contribution >= 4 is 51.3 Å². The van der Waals surface area contributed by atoms with E-state index in [1.54, 1.807) is 0 Å². The predicted octanol–water partition coefficient (Wildman–Crippen LogP) is -0.728. The average Bonchev–Trinajstić information content (AvgIpc) is 0.811. The molecule has 0 unspecified atom stereocenters. The second-order valence-corrected chi connectivity index (χ2v) is 44.8. The van der Waals surface area contributed by atoms with E-state index in [-0.39, 0.29) is 20.3 Å². The number of hydrogen-bond acceptors (Lipinski definition) is 0. The van der Waals surface area contributed by atoms with E-state index >= 15 is 0 Å². The smallest absolute Gasteiger partial charge is 1.00 e. The van der Waals surface area contributed by atoms with Crippen LogP contribution in [0.5, 0.6) is 0 Å². The summed E-state index contributed by atoms with van der Waals surface area (Å²) in [5.74, 6) is 0. The molecule has 0 aliphatic carbocycles. The van der Waals surface area contributed by atoms with Crippen LogP contribution in [0, 0.1) is 0 Å². The van der Waals surface area contributed by atoms with Crippen LogP contribution in [0.1, 0.15) is 1.43 Å². The number of rotatable bonds is 0. The molecule has 0 spiro atoms. The molecule has 0 amide bonds. The third-order valence-corrected chi connectivity index (χ3v) is 0. The molecule has 0 radical (unpaired) electrons. The van der Waals surface area contributed by atoms with Crippen LogP contribution in [0.25, 0.3) is 0 Å². The Morgan fingerprint density at radius 1 is 1.20 bits per heavy atom. The van der Waals surface area contributed by atoms with Crippen molar-refractivity contribution in [2.45, 2.75) is 0 Å². The number of halogens is 3. The molecule has 0 aromatic heterocycles. The van der Waals surface area contributed by atoms with Gasteiger partial charge in [-0.25, -0.2) is 0 Å². The molecule has 0 aromatic rings. The van der Waals surface area contributed by atoms with Gasteiger partial charge in [-0.15, -0.1) is 0 Å². The Hall–Kier alpha value is 2.91. The van der Waals surface area contributed by atoms with E-state index in [2.05, 4.69) is 36.9 Å². The molecule has 5 heteroatoms. The van der Waals surface area contributed by atoms with Gasteiger partial charge in [0, 0.05) is 0 Å². The maximum atomic E-state index is 3.31. The molecule has 0 fully saturated rings. The van der Waals surface area contributed by atoms with Gasteiger partial charge >= 0.3 is 70.2 Å². The molecule has 0 N–H and O–H groups in total. The molecule has 0 heterocycles. The van der Waals surface area contributed by atoms with Crippen LogP contribution < -0.4 is 18.9 Å². The number of hydrogen-bond donors (Lipinski definition) is 0. The van der Waals surface area contributed by atoms with Crippen molar-refractivity contribution in [2.24, 2.45) is 0 Å². The van der Waals surface area contributed by atoms with Crippen LogP contribution in [0.3, 0.4) is 0 Å². The zero-order chi connectivity index (χ0) is 3.58. The summed E-state index contributed by atoms with van der Waals surface area (Å²) in [6.07, 6.45) is 0. The Morgan fingerprint density at radius 2 is 1.20 bits per heavy atom. The first-order chi connectivity index (χ1) is 1.73. The summed E-state index contributed by atoms with van der Waals surface area (Å²) in [7, 11) is 0. The first-order valence-electron chi connectivity index (χ1n) is 0.655. The van der Waals surface area contributed by atoms with Crippen LogP contribution in [0.15, 0.2) is 0 Å². The van der Waals surface area contributed by atoms with Crippen molar-refractivity contribution in [2.75, 3.05) is 0 Å². The fourth-order valence-corrected chi connectivity index (χ4v) is 0. The normalized spacial score (nSPS) is 5.40. The topological polar surface area (TPSA) is 0 Å². The fourth-order valence-electron chi connectivity index (χ4n) is 0. The van der Waals surface area contributed by atoms with Crippen molar-refractivity contribution < 1.29 is 20.3 Å². The Bertz CT molecular complexity index is 15.5. The summed E-state index contributed by atoms with van der Waals surface area (Å²) in [5.41, 5.74) is 0. The van der Waals surface area contributed by atoms with Gasteiger partial charge in [0.25, 0.3) is 0 Å². The maximum absolute atomic E-state index is 3.31. The van der Waals surface area contributed by atoms with Gasteiger partial charge in [-0.1, -0.05) is 0 Å². The van der Waals surface area contributed by atoms with Gasteiger partial charge in [0.1, 0.15) is 0 Å². The van der Waals surface area contributed by atoms with Crippen LogP contribution in [0.2, 0.25) is 0 Å². The van der Waals surface area contributed by atoms with E-state index < -0.39 is 14.4 Å². The molecule has 0 atom stereocenters. The summed E-state index contributed by atoms with van der Waals surface area (Å²) in [5, 5.41) is 0. The standard InChI is InChI=1S/3BrH.In.Li.H/h3*1H;;;/q;;;+3;+1;-1/p-3.